The van der Waals surface area contributed by atoms with Crippen LogP contribution in [-0.4, -0.2) is 43.4 Å². The fraction of sp³-hybridized carbons (Fsp3) is 0.160. The van der Waals surface area contributed by atoms with Gasteiger partial charge in [0.1, 0.15) is 5.75 Å². The number of benzene rings is 2. The lowest BCUT2D eigenvalue weighted by molar-refractivity contribution is 0.0913. The van der Waals surface area contributed by atoms with Crippen LogP contribution in [0.25, 0.3) is 0 Å². The number of hydrogen-bond donors (Lipinski definition) is 3. The highest BCUT2D eigenvalue weighted by molar-refractivity contribution is 6.30. The van der Waals surface area contributed by atoms with E-state index in [9.17, 15) is 14.7 Å². The predicted octanol–water partition coefficient (Wildman–Crippen LogP) is 3.38. The highest BCUT2D eigenvalue weighted by atomic mass is 35.5. The van der Waals surface area contributed by atoms with Gasteiger partial charge in [-0.2, -0.15) is 0 Å². The summed E-state index contributed by atoms with van der Waals surface area (Å²) in [6, 6.07) is 18.8. The van der Waals surface area contributed by atoms with Gasteiger partial charge in [0, 0.05) is 29.0 Å². The Labute approximate surface area is 211 Å². The summed E-state index contributed by atoms with van der Waals surface area (Å²) in [7, 11) is 0. The standard InChI is InChI=1S/C25H23ClN6O4/c1-16(15-33)28-23(34)22-24(35)32(14-17-5-7-18(26)8-6-17)25(31-30-22)29-19-9-11-20(12-10-19)36-21-4-2-3-13-27-21/h2-13,16,33H,14-15H2,1H3,(H,28,34)(H,29,31)/t16-/m0/s1. The topological polar surface area (TPSA) is 131 Å². The van der Waals surface area contributed by atoms with E-state index in [0.29, 0.717) is 22.3 Å². The minimum absolute atomic E-state index is 0.116. The number of halogens is 1. The van der Waals surface area contributed by atoms with Gasteiger partial charge >= 0.3 is 0 Å². The Morgan fingerprint density at radius 1 is 1.08 bits per heavy atom. The Morgan fingerprint density at radius 2 is 1.83 bits per heavy atom. The third kappa shape index (κ3) is 6.23. The summed E-state index contributed by atoms with van der Waals surface area (Å²) < 4.78 is 7.02. The molecule has 0 fully saturated rings. The van der Waals surface area contributed by atoms with Gasteiger partial charge in [-0.05, 0) is 55.0 Å². The number of nitrogens with one attached hydrogen (secondary N) is 2. The van der Waals surface area contributed by atoms with Crippen LogP contribution < -0.4 is 20.9 Å². The monoisotopic (exact) mass is 506 g/mol. The number of ether oxygens (including phenoxy) is 1. The Kier molecular flexibility index (Phi) is 7.89. The average Bonchev–Trinajstić information content (AvgIpc) is 2.89. The first-order chi connectivity index (χ1) is 17.4. The molecular formula is C25H23ClN6O4. The van der Waals surface area contributed by atoms with Crippen molar-refractivity contribution < 1.29 is 14.6 Å². The van der Waals surface area contributed by atoms with Crippen LogP contribution in [0.3, 0.4) is 0 Å². The number of aliphatic hydroxyl groups is 1. The van der Waals surface area contributed by atoms with Crippen LogP contribution in [0.5, 0.6) is 11.6 Å². The minimum Gasteiger partial charge on any atom is -0.439 e. The van der Waals surface area contributed by atoms with Crippen molar-refractivity contribution >= 4 is 29.1 Å². The number of pyridine rings is 1. The van der Waals surface area contributed by atoms with Crippen molar-refractivity contribution in [2.24, 2.45) is 0 Å². The Bertz CT molecular complexity index is 1380. The number of rotatable bonds is 9. The largest absolute Gasteiger partial charge is 0.439 e. The second-order valence-electron chi connectivity index (χ2n) is 7.87. The molecule has 0 saturated heterocycles. The molecule has 0 spiro atoms. The van der Waals surface area contributed by atoms with E-state index in [0.717, 1.165) is 5.56 Å². The second kappa shape index (κ2) is 11.4. The molecule has 0 unspecified atom stereocenters. The fourth-order valence-corrected chi connectivity index (χ4v) is 3.30. The molecule has 2 aromatic heterocycles. The molecule has 11 heteroatoms. The quantitative estimate of drug-likeness (QED) is 0.315. The van der Waals surface area contributed by atoms with Gasteiger partial charge in [-0.25, -0.2) is 4.98 Å². The molecule has 2 heterocycles. The molecular weight excluding hydrogens is 484 g/mol. The van der Waals surface area contributed by atoms with E-state index in [4.69, 9.17) is 16.3 Å². The smallest absolute Gasteiger partial charge is 0.287 e. The summed E-state index contributed by atoms with van der Waals surface area (Å²) in [5.74, 6) is 0.459. The van der Waals surface area contributed by atoms with Crippen LogP contribution in [0.1, 0.15) is 23.0 Å². The van der Waals surface area contributed by atoms with Crippen LogP contribution >= 0.6 is 11.6 Å². The third-order valence-corrected chi connectivity index (χ3v) is 5.29. The van der Waals surface area contributed by atoms with Gasteiger partial charge in [-0.1, -0.05) is 29.8 Å². The number of hydrogen-bond acceptors (Lipinski definition) is 8. The number of amides is 1. The highest BCUT2D eigenvalue weighted by Crippen LogP contribution is 2.23. The van der Waals surface area contributed by atoms with E-state index < -0.39 is 17.5 Å². The van der Waals surface area contributed by atoms with Crippen LogP contribution in [0, 0.1) is 0 Å². The molecule has 4 rings (SSSR count). The second-order valence-corrected chi connectivity index (χ2v) is 8.30. The Morgan fingerprint density at radius 3 is 2.50 bits per heavy atom. The molecule has 10 nitrogen and oxygen atoms in total. The maximum Gasteiger partial charge on any atom is 0.287 e. The van der Waals surface area contributed by atoms with E-state index in [1.807, 2.05) is 6.07 Å². The van der Waals surface area contributed by atoms with Crippen LogP contribution in [-0.2, 0) is 6.54 Å². The van der Waals surface area contributed by atoms with E-state index in [1.165, 1.54) is 4.57 Å². The summed E-state index contributed by atoms with van der Waals surface area (Å²) >= 11 is 5.99. The van der Waals surface area contributed by atoms with Gasteiger partial charge in [0.2, 0.25) is 17.5 Å². The van der Waals surface area contributed by atoms with E-state index in [2.05, 4.69) is 25.8 Å². The van der Waals surface area contributed by atoms with Gasteiger partial charge in [0.15, 0.2) is 0 Å². The third-order valence-electron chi connectivity index (χ3n) is 5.04. The lowest BCUT2D eigenvalue weighted by Crippen LogP contribution is -2.41. The SMILES string of the molecule is C[C@@H](CO)NC(=O)c1nnc(Nc2ccc(Oc3ccccn3)cc2)n(Cc2ccc(Cl)cc2)c1=O. The van der Waals surface area contributed by atoms with Crippen molar-refractivity contribution in [2.75, 3.05) is 11.9 Å². The first-order valence-corrected chi connectivity index (χ1v) is 11.4. The molecule has 1 atom stereocenters. The molecule has 0 bridgehead atoms. The first-order valence-electron chi connectivity index (χ1n) is 11.0. The Hall–Kier alpha value is -4.28. The summed E-state index contributed by atoms with van der Waals surface area (Å²) in [5.41, 5.74) is 0.369. The van der Waals surface area contributed by atoms with E-state index in [-0.39, 0.29) is 24.8 Å². The zero-order valence-electron chi connectivity index (χ0n) is 19.3. The summed E-state index contributed by atoms with van der Waals surface area (Å²) in [6.45, 7) is 1.44. The van der Waals surface area contributed by atoms with E-state index in [1.54, 1.807) is 73.8 Å². The molecule has 0 saturated carbocycles. The highest BCUT2D eigenvalue weighted by Gasteiger charge is 2.20. The van der Waals surface area contributed by atoms with Crippen molar-refractivity contribution in [3.63, 3.8) is 0 Å². The van der Waals surface area contributed by atoms with Crippen molar-refractivity contribution in [1.82, 2.24) is 25.1 Å². The molecule has 0 aliphatic heterocycles. The normalized spacial score (nSPS) is 11.5. The van der Waals surface area contributed by atoms with E-state index >= 15 is 0 Å². The van der Waals surface area contributed by atoms with Gasteiger partial charge in [0.25, 0.3) is 11.5 Å². The van der Waals surface area contributed by atoms with Gasteiger partial charge in [-0.15, -0.1) is 10.2 Å². The van der Waals surface area contributed by atoms with Crippen molar-refractivity contribution in [2.45, 2.75) is 19.5 Å². The molecule has 0 aliphatic rings. The predicted molar refractivity (Wildman–Crippen MR) is 135 cm³/mol. The first kappa shape index (κ1) is 24.8. The number of aromatic nitrogens is 4. The molecule has 2 aromatic carbocycles. The molecule has 3 N–H and O–H groups in total. The van der Waals surface area contributed by atoms with Gasteiger partial charge in [0.05, 0.1) is 13.2 Å². The molecule has 36 heavy (non-hydrogen) atoms. The molecule has 0 radical (unpaired) electrons. The van der Waals surface area contributed by atoms with Crippen LogP contribution in [0.2, 0.25) is 5.02 Å². The average molecular weight is 507 g/mol. The van der Waals surface area contributed by atoms with Crippen LogP contribution in [0.15, 0.2) is 77.7 Å². The number of nitrogens with zero attached hydrogens (tertiary/aromatic N) is 4. The van der Waals surface area contributed by atoms with Crippen LogP contribution in [0.4, 0.5) is 11.6 Å². The molecule has 1 amide bonds. The van der Waals surface area contributed by atoms with Crippen molar-refractivity contribution in [3.05, 3.63) is 99.6 Å². The van der Waals surface area contributed by atoms with Gasteiger partial charge < -0.3 is 20.5 Å². The van der Waals surface area contributed by atoms with Crippen molar-refractivity contribution in [3.8, 4) is 11.6 Å². The zero-order valence-corrected chi connectivity index (χ0v) is 20.0. The van der Waals surface area contributed by atoms with Gasteiger partial charge in [-0.3, -0.25) is 14.2 Å². The number of aliphatic hydroxyl groups excluding tert-OH is 1. The zero-order chi connectivity index (χ0) is 25.5. The molecule has 184 valence electrons. The summed E-state index contributed by atoms with van der Waals surface area (Å²) in [4.78, 5) is 29.9. The lowest BCUT2D eigenvalue weighted by atomic mass is 10.2. The molecule has 0 aliphatic carbocycles. The lowest BCUT2D eigenvalue weighted by Gasteiger charge is -2.15. The molecule has 4 aromatic rings. The maximum atomic E-state index is 13.3. The summed E-state index contributed by atoms with van der Waals surface area (Å²) in [6.07, 6.45) is 1.64. The number of carbonyl (C=O) groups excluding carboxylic acids is 1. The van der Waals surface area contributed by atoms with Crippen molar-refractivity contribution in [1.29, 1.82) is 0 Å². The number of anilines is 2. The number of carbonyl (C=O) groups is 1. The minimum atomic E-state index is -0.721. The Balaban J connectivity index is 1.62. The maximum absolute atomic E-state index is 13.3. The fourth-order valence-electron chi connectivity index (χ4n) is 3.17. The summed E-state index contributed by atoms with van der Waals surface area (Å²) in [5, 5.41) is 23.3.